The molecule has 1 aromatic heterocycles. The molecule has 0 saturated heterocycles. The third-order valence-corrected chi connectivity index (χ3v) is 1.75. The van der Waals surface area contributed by atoms with Gasteiger partial charge in [-0.25, -0.2) is 4.98 Å². The smallest absolute Gasteiger partial charge is 0.294 e. The van der Waals surface area contributed by atoms with Crippen LogP contribution in [0.25, 0.3) is 0 Å². The quantitative estimate of drug-likeness (QED) is 0.374. The van der Waals surface area contributed by atoms with E-state index in [-0.39, 0.29) is 10.8 Å². The number of carbonyl (C=O) groups excluding carboxylic acids is 1. The van der Waals surface area contributed by atoms with Crippen LogP contribution in [-0.2, 0) is 4.79 Å². The molecule has 0 aliphatic heterocycles. The molecule has 0 aliphatic carbocycles. The van der Waals surface area contributed by atoms with Crippen LogP contribution in [-0.4, -0.2) is 21.8 Å². The van der Waals surface area contributed by atoms with Crippen LogP contribution in [0.5, 0.6) is 0 Å². The van der Waals surface area contributed by atoms with Crippen LogP contribution >= 0.6 is 11.3 Å². The van der Waals surface area contributed by atoms with E-state index in [1.165, 1.54) is 5.38 Å². The molecule has 1 radical (unpaired) electrons. The van der Waals surface area contributed by atoms with E-state index < -0.39 is 11.6 Å². The molecular formula is C5H5N4O2S. The second-order valence-corrected chi connectivity index (χ2v) is 2.74. The SMILES string of the molecule is [NH]C(=O)/C(=N\O)c1csc(N)n1. The Morgan fingerprint density at radius 1 is 1.83 bits per heavy atom. The Morgan fingerprint density at radius 3 is 2.83 bits per heavy atom. The number of rotatable bonds is 2. The molecule has 0 aromatic carbocycles. The van der Waals surface area contributed by atoms with Gasteiger partial charge in [-0.2, -0.15) is 0 Å². The predicted molar refractivity (Wildman–Crippen MR) is 43.0 cm³/mol. The molecule has 0 unspecified atom stereocenters. The molecule has 0 aliphatic rings. The number of hydrogen-bond donors (Lipinski definition) is 2. The lowest BCUT2D eigenvalue weighted by Crippen LogP contribution is -2.16. The van der Waals surface area contributed by atoms with Crippen molar-refractivity contribution < 1.29 is 10.0 Å². The molecular weight excluding hydrogens is 180 g/mol. The van der Waals surface area contributed by atoms with Gasteiger partial charge >= 0.3 is 0 Å². The minimum absolute atomic E-state index is 0.125. The van der Waals surface area contributed by atoms with E-state index in [9.17, 15) is 4.79 Å². The average Bonchev–Trinajstić information content (AvgIpc) is 2.37. The monoisotopic (exact) mass is 185 g/mol. The van der Waals surface area contributed by atoms with E-state index in [2.05, 4.69) is 10.1 Å². The lowest BCUT2D eigenvalue weighted by atomic mass is 10.3. The van der Waals surface area contributed by atoms with Crippen LogP contribution in [0.3, 0.4) is 0 Å². The molecule has 1 rings (SSSR count). The van der Waals surface area contributed by atoms with Gasteiger partial charge in [-0.05, 0) is 0 Å². The highest BCUT2D eigenvalue weighted by Gasteiger charge is 2.14. The van der Waals surface area contributed by atoms with Gasteiger partial charge in [0, 0.05) is 5.38 Å². The molecule has 0 bridgehead atoms. The Balaban J connectivity index is 3.04. The second kappa shape index (κ2) is 3.18. The molecule has 6 nitrogen and oxygen atoms in total. The van der Waals surface area contributed by atoms with Crippen LogP contribution in [0.2, 0.25) is 0 Å². The first-order chi connectivity index (χ1) is 5.65. The van der Waals surface area contributed by atoms with Crippen molar-refractivity contribution >= 4 is 28.1 Å². The molecule has 4 N–H and O–H groups in total. The van der Waals surface area contributed by atoms with Gasteiger partial charge in [0.05, 0.1) is 0 Å². The van der Waals surface area contributed by atoms with Crippen molar-refractivity contribution in [3.05, 3.63) is 11.1 Å². The van der Waals surface area contributed by atoms with Crippen LogP contribution in [0.4, 0.5) is 5.13 Å². The molecule has 12 heavy (non-hydrogen) atoms. The van der Waals surface area contributed by atoms with E-state index in [1.807, 2.05) is 0 Å². The largest absolute Gasteiger partial charge is 0.410 e. The second-order valence-electron chi connectivity index (χ2n) is 1.85. The summed E-state index contributed by atoms with van der Waals surface area (Å²) in [5, 5.41) is 12.7. The molecule has 1 heterocycles. The zero-order valence-electron chi connectivity index (χ0n) is 5.81. The Morgan fingerprint density at radius 2 is 2.50 bits per heavy atom. The third kappa shape index (κ3) is 1.51. The first kappa shape index (κ1) is 8.47. The topological polar surface area (TPSA) is 112 Å². The Hall–Kier alpha value is -1.63. The van der Waals surface area contributed by atoms with E-state index in [1.54, 1.807) is 0 Å². The number of nitrogens with one attached hydrogen (secondary N) is 1. The van der Waals surface area contributed by atoms with Crippen LogP contribution in [0.1, 0.15) is 5.69 Å². The van der Waals surface area contributed by atoms with Gasteiger partial charge in [0.15, 0.2) is 10.8 Å². The fourth-order valence-corrected chi connectivity index (χ4v) is 1.16. The highest BCUT2D eigenvalue weighted by atomic mass is 32.1. The first-order valence-corrected chi connectivity index (χ1v) is 3.72. The van der Waals surface area contributed by atoms with Crippen molar-refractivity contribution in [1.82, 2.24) is 10.7 Å². The number of hydrogen-bond acceptors (Lipinski definition) is 6. The number of thiazole rings is 1. The minimum atomic E-state index is -1.09. The molecule has 7 heteroatoms. The van der Waals surface area contributed by atoms with Gasteiger partial charge in [0.2, 0.25) is 0 Å². The molecule has 0 fully saturated rings. The van der Waals surface area contributed by atoms with Crippen LogP contribution < -0.4 is 11.5 Å². The van der Waals surface area contributed by atoms with Crippen molar-refractivity contribution in [2.45, 2.75) is 0 Å². The fraction of sp³-hybridized carbons (Fsp3) is 0. The summed E-state index contributed by atoms with van der Waals surface area (Å²) in [7, 11) is 0. The van der Waals surface area contributed by atoms with Crippen molar-refractivity contribution in [2.24, 2.45) is 5.16 Å². The van der Waals surface area contributed by atoms with Gasteiger partial charge < -0.3 is 10.9 Å². The summed E-state index contributed by atoms with van der Waals surface area (Å²) in [6.45, 7) is 0. The van der Waals surface area contributed by atoms with Gasteiger partial charge in [-0.1, -0.05) is 5.16 Å². The number of anilines is 1. The number of nitrogens with two attached hydrogens (primary N) is 1. The number of oxime groups is 1. The summed E-state index contributed by atoms with van der Waals surface area (Å²) < 4.78 is 0. The van der Waals surface area contributed by atoms with Crippen molar-refractivity contribution in [3.63, 3.8) is 0 Å². The zero-order valence-corrected chi connectivity index (χ0v) is 6.63. The average molecular weight is 185 g/mol. The van der Waals surface area contributed by atoms with E-state index in [0.717, 1.165) is 11.3 Å². The van der Waals surface area contributed by atoms with Crippen LogP contribution in [0, 0.1) is 0 Å². The molecule has 0 spiro atoms. The molecule has 0 atom stereocenters. The number of nitrogen functional groups attached to an aromatic ring is 1. The highest BCUT2D eigenvalue weighted by molar-refractivity contribution is 7.13. The summed E-state index contributed by atoms with van der Waals surface area (Å²) in [5.74, 6) is -1.09. The number of carbonyl (C=O) groups is 1. The van der Waals surface area contributed by atoms with Gasteiger partial charge in [0.25, 0.3) is 5.91 Å². The molecule has 0 saturated carbocycles. The Kier molecular flexibility index (Phi) is 2.24. The van der Waals surface area contributed by atoms with E-state index in [0.29, 0.717) is 0 Å². The number of amides is 1. The minimum Gasteiger partial charge on any atom is -0.410 e. The van der Waals surface area contributed by atoms with Crippen molar-refractivity contribution in [2.75, 3.05) is 5.73 Å². The maximum absolute atomic E-state index is 10.5. The maximum atomic E-state index is 10.5. The Bertz CT molecular complexity index is 332. The fourth-order valence-electron chi connectivity index (χ4n) is 0.609. The van der Waals surface area contributed by atoms with Crippen molar-refractivity contribution in [3.8, 4) is 0 Å². The third-order valence-electron chi connectivity index (χ3n) is 1.08. The summed E-state index contributed by atoms with van der Waals surface area (Å²) in [6.07, 6.45) is 0. The van der Waals surface area contributed by atoms with E-state index >= 15 is 0 Å². The highest BCUT2D eigenvalue weighted by Crippen LogP contribution is 2.11. The summed E-state index contributed by atoms with van der Waals surface area (Å²) in [4.78, 5) is 14.2. The molecule has 1 amide bonds. The molecule has 63 valence electrons. The summed E-state index contributed by atoms with van der Waals surface area (Å²) >= 11 is 1.10. The molecule has 1 aromatic rings. The lowest BCUT2D eigenvalue weighted by molar-refractivity contribution is -0.112. The number of aromatic nitrogens is 1. The van der Waals surface area contributed by atoms with E-state index in [4.69, 9.17) is 16.7 Å². The van der Waals surface area contributed by atoms with Gasteiger partial charge in [-0.3, -0.25) is 10.5 Å². The lowest BCUT2D eigenvalue weighted by Gasteiger charge is -1.90. The standard InChI is InChI=1S/C5H5N4O2S/c6-4(10)3(9-11)2-1-12-5(7)8-2/h1,6,11H,(H2,7,8)/b9-3-. The predicted octanol–water partition coefficient (Wildman–Crippen LogP) is -0.287. The maximum Gasteiger partial charge on any atom is 0.294 e. The first-order valence-electron chi connectivity index (χ1n) is 2.84. The number of nitrogens with zero attached hydrogens (tertiary/aromatic N) is 2. The van der Waals surface area contributed by atoms with Crippen molar-refractivity contribution in [1.29, 1.82) is 0 Å². The summed E-state index contributed by atoms with van der Waals surface area (Å²) in [5.41, 5.74) is 11.7. The van der Waals surface area contributed by atoms with Gasteiger partial charge in [0.1, 0.15) is 5.69 Å². The summed E-state index contributed by atoms with van der Waals surface area (Å²) in [6, 6.07) is 0. The van der Waals surface area contributed by atoms with Crippen LogP contribution in [0.15, 0.2) is 10.5 Å². The zero-order chi connectivity index (χ0) is 9.14. The van der Waals surface area contributed by atoms with Gasteiger partial charge in [-0.15, -0.1) is 11.3 Å². The normalized spacial score (nSPS) is 11.5. The Labute approximate surface area is 71.5 Å².